The van der Waals surface area contributed by atoms with Crippen molar-refractivity contribution in [2.24, 2.45) is 0 Å². The third-order valence-electron chi connectivity index (χ3n) is 3.25. The summed E-state index contributed by atoms with van der Waals surface area (Å²) < 4.78 is 23.8. The molecule has 0 aromatic heterocycles. The molecule has 20 heavy (non-hydrogen) atoms. The molecule has 1 aromatic carbocycles. The van der Waals surface area contributed by atoms with Crippen molar-refractivity contribution in [3.63, 3.8) is 0 Å². The van der Waals surface area contributed by atoms with E-state index in [0.717, 1.165) is 12.8 Å². The SMILES string of the molecule is C[C@@H]1CN(C(=O)c2cc(S(C)(=O)=O)ccc2Br)CCN1. The number of hydrogen-bond donors (Lipinski definition) is 1. The van der Waals surface area contributed by atoms with Crippen molar-refractivity contribution in [1.82, 2.24) is 10.2 Å². The van der Waals surface area contributed by atoms with E-state index < -0.39 is 9.84 Å². The molecule has 0 saturated carbocycles. The summed E-state index contributed by atoms with van der Waals surface area (Å²) in [6.45, 7) is 4.00. The average Bonchev–Trinajstić information content (AvgIpc) is 2.37. The van der Waals surface area contributed by atoms with E-state index in [1.165, 1.54) is 12.1 Å². The van der Waals surface area contributed by atoms with Gasteiger partial charge in [0, 0.05) is 36.4 Å². The van der Waals surface area contributed by atoms with E-state index in [0.29, 0.717) is 23.1 Å². The quantitative estimate of drug-likeness (QED) is 0.862. The number of sulfone groups is 1. The molecule has 1 aliphatic rings. The Morgan fingerprint density at radius 2 is 2.15 bits per heavy atom. The minimum absolute atomic E-state index is 0.143. The third-order valence-corrected chi connectivity index (χ3v) is 5.05. The zero-order chi connectivity index (χ0) is 14.9. The second-order valence-electron chi connectivity index (χ2n) is 5.02. The topological polar surface area (TPSA) is 66.5 Å². The smallest absolute Gasteiger partial charge is 0.255 e. The van der Waals surface area contributed by atoms with Crippen molar-refractivity contribution in [2.45, 2.75) is 17.9 Å². The molecule has 1 aliphatic heterocycles. The summed E-state index contributed by atoms with van der Waals surface area (Å²) in [6, 6.07) is 4.78. The molecule has 5 nitrogen and oxygen atoms in total. The summed E-state index contributed by atoms with van der Waals surface area (Å²) in [7, 11) is -3.32. The second-order valence-corrected chi connectivity index (χ2v) is 7.89. The fourth-order valence-electron chi connectivity index (χ4n) is 2.19. The van der Waals surface area contributed by atoms with E-state index in [4.69, 9.17) is 0 Å². The van der Waals surface area contributed by atoms with Crippen molar-refractivity contribution in [3.8, 4) is 0 Å². The van der Waals surface area contributed by atoms with Crippen LogP contribution in [0.2, 0.25) is 0 Å². The van der Waals surface area contributed by atoms with Crippen LogP contribution in [-0.2, 0) is 9.84 Å². The van der Waals surface area contributed by atoms with Gasteiger partial charge in [-0.05, 0) is 41.1 Å². The number of nitrogens with zero attached hydrogens (tertiary/aromatic N) is 1. The van der Waals surface area contributed by atoms with E-state index in [1.807, 2.05) is 6.92 Å². The van der Waals surface area contributed by atoms with Crippen molar-refractivity contribution < 1.29 is 13.2 Å². The Labute approximate surface area is 127 Å². The minimum atomic E-state index is -3.32. The monoisotopic (exact) mass is 360 g/mol. The molecule has 1 N–H and O–H groups in total. The molecule has 7 heteroatoms. The fourth-order valence-corrected chi connectivity index (χ4v) is 3.25. The van der Waals surface area contributed by atoms with E-state index in [9.17, 15) is 13.2 Å². The van der Waals surface area contributed by atoms with Crippen LogP contribution in [0, 0.1) is 0 Å². The van der Waals surface area contributed by atoms with Crippen LogP contribution in [0.4, 0.5) is 0 Å². The van der Waals surface area contributed by atoms with E-state index >= 15 is 0 Å². The van der Waals surface area contributed by atoms with Crippen LogP contribution < -0.4 is 5.32 Å². The predicted molar refractivity (Wildman–Crippen MR) is 80.6 cm³/mol. The Hall–Kier alpha value is -0.920. The molecule has 0 bridgehead atoms. The maximum absolute atomic E-state index is 12.5. The first kappa shape index (κ1) is 15.5. The van der Waals surface area contributed by atoms with Gasteiger partial charge in [-0.1, -0.05) is 0 Å². The molecule has 1 amide bonds. The summed E-state index contributed by atoms with van der Waals surface area (Å²) >= 11 is 3.32. The van der Waals surface area contributed by atoms with Gasteiger partial charge in [-0.25, -0.2) is 8.42 Å². The second kappa shape index (κ2) is 5.83. The Morgan fingerprint density at radius 1 is 1.45 bits per heavy atom. The summed E-state index contributed by atoms with van der Waals surface area (Å²) in [6.07, 6.45) is 1.14. The van der Waals surface area contributed by atoms with Gasteiger partial charge in [-0.3, -0.25) is 4.79 Å². The lowest BCUT2D eigenvalue weighted by Gasteiger charge is -2.32. The normalized spacial score (nSPS) is 19.9. The van der Waals surface area contributed by atoms with Gasteiger partial charge in [-0.2, -0.15) is 0 Å². The maximum Gasteiger partial charge on any atom is 0.255 e. The highest BCUT2D eigenvalue weighted by Crippen LogP contribution is 2.23. The molecule has 1 atom stereocenters. The molecular formula is C13H17BrN2O3S. The van der Waals surface area contributed by atoms with Gasteiger partial charge >= 0.3 is 0 Å². The predicted octanol–water partition coefficient (Wildman–Crippen LogP) is 1.29. The molecule has 2 rings (SSSR count). The largest absolute Gasteiger partial charge is 0.336 e. The molecule has 1 heterocycles. The summed E-state index contributed by atoms with van der Waals surface area (Å²) in [5, 5.41) is 3.27. The Kier molecular flexibility index (Phi) is 4.51. The number of nitrogens with one attached hydrogen (secondary N) is 1. The molecule has 1 aromatic rings. The lowest BCUT2D eigenvalue weighted by Crippen LogP contribution is -2.51. The molecule has 0 spiro atoms. The van der Waals surface area contributed by atoms with Crippen LogP contribution in [0.3, 0.4) is 0 Å². The van der Waals surface area contributed by atoms with Crippen LogP contribution in [0.1, 0.15) is 17.3 Å². The molecule has 0 radical (unpaired) electrons. The highest BCUT2D eigenvalue weighted by Gasteiger charge is 2.24. The van der Waals surface area contributed by atoms with Crippen molar-refractivity contribution in [1.29, 1.82) is 0 Å². The minimum Gasteiger partial charge on any atom is -0.336 e. The zero-order valence-corrected chi connectivity index (χ0v) is 13.8. The summed E-state index contributed by atoms with van der Waals surface area (Å²) in [5.41, 5.74) is 0.391. The fraction of sp³-hybridized carbons (Fsp3) is 0.462. The van der Waals surface area contributed by atoms with Crippen LogP contribution in [-0.4, -0.2) is 51.2 Å². The lowest BCUT2D eigenvalue weighted by molar-refractivity contribution is 0.0708. The van der Waals surface area contributed by atoms with Crippen molar-refractivity contribution >= 4 is 31.7 Å². The first-order valence-electron chi connectivity index (χ1n) is 6.31. The summed E-state index contributed by atoms with van der Waals surface area (Å²) in [5.74, 6) is -0.143. The first-order valence-corrected chi connectivity index (χ1v) is 9.00. The standard InChI is InChI=1S/C13H17BrN2O3S/c1-9-8-16(6-5-15-9)13(17)11-7-10(20(2,18)19)3-4-12(11)14/h3-4,7,9,15H,5-6,8H2,1-2H3/t9-/m1/s1. The van der Waals surface area contributed by atoms with E-state index in [1.54, 1.807) is 11.0 Å². The molecule has 110 valence electrons. The number of carbonyl (C=O) groups is 1. The molecule has 1 saturated heterocycles. The maximum atomic E-state index is 12.5. The van der Waals surface area contributed by atoms with Crippen LogP contribution >= 0.6 is 15.9 Å². The molecular weight excluding hydrogens is 344 g/mol. The molecule has 1 fully saturated rings. The number of piperazine rings is 1. The third kappa shape index (κ3) is 3.39. The Bertz CT molecular complexity index is 631. The number of benzene rings is 1. The molecule has 0 aliphatic carbocycles. The number of carbonyl (C=O) groups excluding carboxylic acids is 1. The molecule has 0 unspecified atom stereocenters. The summed E-state index contributed by atoms with van der Waals surface area (Å²) in [4.78, 5) is 14.4. The van der Waals surface area contributed by atoms with Crippen molar-refractivity contribution in [3.05, 3.63) is 28.2 Å². The van der Waals surface area contributed by atoms with E-state index in [-0.39, 0.29) is 16.8 Å². The first-order chi connectivity index (χ1) is 9.29. The number of hydrogen-bond acceptors (Lipinski definition) is 4. The number of rotatable bonds is 2. The number of halogens is 1. The van der Waals surface area contributed by atoms with Gasteiger partial charge < -0.3 is 10.2 Å². The highest BCUT2D eigenvalue weighted by molar-refractivity contribution is 9.10. The van der Waals surface area contributed by atoms with Gasteiger partial charge in [-0.15, -0.1) is 0 Å². The zero-order valence-electron chi connectivity index (χ0n) is 11.4. The van der Waals surface area contributed by atoms with Gasteiger partial charge in [0.1, 0.15) is 0 Å². The Balaban J connectivity index is 2.34. The van der Waals surface area contributed by atoms with Crippen molar-refractivity contribution in [2.75, 3.05) is 25.9 Å². The van der Waals surface area contributed by atoms with Gasteiger partial charge in [0.05, 0.1) is 10.5 Å². The van der Waals surface area contributed by atoms with Gasteiger partial charge in [0.2, 0.25) is 0 Å². The Morgan fingerprint density at radius 3 is 2.75 bits per heavy atom. The van der Waals surface area contributed by atoms with Crippen LogP contribution in [0.5, 0.6) is 0 Å². The van der Waals surface area contributed by atoms with Gasteiger partial charge in [0.25, 0.3) is 5.91 Å². The van der Waals surface area contributed by atoms with Gasteiger partial charge in [0.15, 0.2) is 9.84 Å². The average molecular weight is 361 g/mol. The highest BCUT2D eigenvalue weighted by atomic mass is 79.9. The number of amides is 1. The van der Waals surface area contributed by atoms with Crippen LogP contribution in [0.15, 0.2) is 27.6 Å². The van der Waals surface area contributed by atoms with Crippen LogP contribution in [0.25, 0.3) is 0 Å². The van der Waals surface area contributed by atoms with E-state index in [2.05, 4.69) is 21.2 Å². The lowest BCUT2D eigenvalue weighted by atomic mass is 10.1.